The van der Waals surface area contributed by atoms with Crippen molar-refractivity contribution < 1.29 is 13.2 Å². The van der Waals surface area contributed by atoms with Crippen LogP contribution in [0.25, 0.3) is 0 Å². The Hall–Kier alpha value is -2.22. The first-order valence-electron chi connectivity index (χ1n) is 7.80. The highest BCUT2D eigenvalue weighted by Gasteiger charge is 2.33. The summed E-state index contributed by atoms with van der Waals surface area (Å²) in [6.07, 6.45) is 0.153. The van der Waals surface area contributed by atoms with Gasteiger partial charge >= 0.3 is 6.18 Å². The van der Waals surface area contributed by atoms with Crippen molar-refractivity contribution >= 4 is 5.95 Å². The minimum Gasteiger partial charge on any atom is -0.350 e. The van der Waals surface area contributed by atoms with Gasteiger partial charge in [-0.2, -0.15) is 13.2 Å². The molecule has 1 atom stereocenters. The molecule has 3 rings (SSSR count). The first-order chi connectivity index (χ1) is 11.5. The van der Waals surface area contributed by atoms with Crippen LogP contribution < -0.4 is 5.32 Å². The summed E-state index contributed by atoms with van der Waals surface area (Å²) in [7, 11) is 0. The fraction of sp³-hybridized carbons (Fsp3) is 0.438. The number of alkyl halides is 3. The second-order valence-corrected chi connectivity index (χ2v) is 5.76. The fourth-order valence-electron chi connectivity index (χ4n) is 2.74. The first-order valence-corrected chi connectivity index (χ1v) is 7.80. The number of likely N-dealkylation sites (tertiary alicyclic amines) is 1. The zero-order valence-corrected chi connectivity index (χ0v) is 13.0. The van der Waals surface area contributed by atoms with Gasteiger partial charge in [-0.1, -0.05) is 6.07 Å². The molecule has 2 aromatic heterocycles. The van der Waals surface area contributed by atoms with Crippen molar-refractivity contribution in [2.75, 3.05) is 25.0 Å². The molecule has 1 saturated heterocycles. The van der Waals surface area contributed by atoms with Crippen molar-refractivity contribution in [3.63, 3.8) is 0 Å². The Bertz CT molecular complexity index is 662. The molecule has 1 aliphatic heterocycles. The third kappa shape index (κ3) is 4.41. The smallest absolute Gasteiger partial charge is 0.350 e. The zero-order valence-electron chi connectivity index (χ0n) is 13.0. The van der Waals surface area contributed by atoms with Crippen molar-refractivity contribution in [1.82, 2.24) is 19.9 Å². The summed E-state index contributed by atoms with van der Waals surface area (Å²) in [5, 5.41) is 3.00. The minimum atomic E-state index is -4.45. The van der Waals surface area contributed by atoms with E-state index in [9.17, 15) is 13.2 Å². The van der Waals surface area contributed by atoms with Crippen molar-refractivity contribution in [2.24, 2.45) is 0 Å². The van der Waals surface area contributed by atoms with Crippen LogP contribution >= 0.6 is 0 Å². The molecule has 1 fully saturated rings. The van der Waals surface area contributed by atoms with Gasteiger partial charge in [-0.05, 0) is 24.6 Å². The Morgan fingerprint density at radius 3 is 2.79 bits per heavy atom. The van der Waals surface area contributed by atoms with Gasteiger partial charge in [0.2, 0.25) is 5.95 Å². The van der Waals surface area contributed by atoms with E-state index >= 15 is 0 Å². The Balaban J connectivity index is 1.51. The lowest BCUT2D eigenvalue weighted by Crippen LogP contribution is -2.28. The molecule has 8 heteroatoms. The number of anilines is 1. The highest BCUT2D eigenvalue weighted by Crippen LogP contribution is 2.27. The lowest BCUT2D eigenvalue weighted by molar-refractivity contribution is -0.141. The van der Waals surface area contributed by atoms with E-state index in [2.05, 4.69) is 25.2 Å². The molecule has 0 spiro atoms. The molecule has 0 amide bonds. The standard InChI is InChI=1S/C16H18F3N5/c17-16(18,19)14-4-8-21-15(23-14)22-13-6-10-24(11-13)9-5-12-3-1-2-7-20-12/h1-4,7-8,13H,5-6,9-11H2,(H,21,22,23). The van der Waals surface area contributed by atoms with E-state index < -0.39 is 11.9 Å². The highest BCUT2D eigenvalue weighted by atomic mass is 19.4. The summed E-state index contributed by atoms with van der Waals surface area (Å²) in [5.41, 5.74) is 0.111. The Labute approximate surface area is 138 Å². The maximum Gasteiger partial charge on any atom is 0.433 e. The summed E-state index contributed by atoms with van der Waals surface area (Å²) in [4.78, 5) is 14.0. The number of pyridine rings is 1. The predicted octanol–water partition coefficient (Wildman–Crippen LogP) is 2.62. The fourth-order valence-corrected chi connectivity index (χ4v) is 2.74. The number of aromatic nitrogens is 3. The highest BCUT2D eigenvalue weighted by molar-refractivity contribution is 5.28. The van der Waals surface area contributed by atoms with Crippen molar-refractivity contribution in [3.05, 3.63) is 48.0 Å². The van der Waals surface area contributed by atoms with E-state index in [0.29, 0.717) is 0 Å². The molecule has 3 heterocycles. The van der Waals surface area contributed by atoms with Crippen LogP contribution in [0.5, 0.6) is 0 Å². The minimum absolute atomic E-state index is 0.0291. The van der Waals surface area contributed by atoms with Gasteiger partial charge in [-0.15, -0.1) is 0 Å². The van der Waals surface area contributed by atoms with E-state index in [1.807, 2.05) is 18.2 Å². The maximum absolute atomic E-state index is 12.7. The molecule has 5 nitrogen and oxygen atoms in total. The summed E-state index contributed by atoms with van der Waals surface area (Å²) < 4.78 is 38.0. The van der Waals surface area contributed by atoms with Crippen molar-refractivity contribution in [3.8, 4) is 0 Å². The van der Waals surface area contributed by atoms with Crippen LogP contribution in [-0.4, -0.2) is 45.5 Å². The van der Waals surface area contributed by atoms with Crippen LogP contribution in [0, 0.1) is 0 Å². The molecule has 128 valence electrons. The summed E-state index contributed by atoms with van der Waals surface area (Å²) in [6, 6.07) is 6.76. The van der Waals surface area contributed by atoms with Crippen LogP contribution in [0.15, 0.2) is 36.7 Å². The largest absolute Gasteiger partial charge is 0.433 e. The normalized spacial score (nSPS) is 18.7. The number of hydrogen-bond acceptors (Lipinski definition) is 5. The van der Waals surface area contributed by atoms with E-state index in [0.717, 1.165) is 50.4 Å². The molecule has 2 aromatic rings. The van der Waals surface area contributed by atoms with E-state index in [4.69, 9.17) is 0 Å². The van der Waals surface area contributed by atoms with Gasteiger partial charge in [0.15, 0.2) is 0 Å². The third-order valence-corrected chi connectivity index (χ3v) is 3.96. The molecule has 0 bridgehead atoms. The second kappa shape index (κ2) is 7.12. The van der Waals surface area contributed by atoms with Gasteiger partial charge in [0.25, 0.3) is 0 Å². The Kier molecular flexibility index (Phi) is 4.94. The summed E-state index contributed by atoms with van der Waals surface area (Å²) in [6.45, 7) is 2.52. The number of hydrogen-bond donors (Lipinski definition) is 1. The van der Waals surface area contributed by atoms with Gasteiger partial charge < -0.3 is 10.2 Å². The van der Waals surface area contributed by atoms with E-state index in [1.165, 1.54) is 0 Å². The maximum atomic E-state index is 12.7. The lowest BCUT2D eigenvalue weighted by atomic mass is 10.2. The molecule has 0 aliphatic carbocycles. The molecule has 1 unspecified atom stereocenters. The average molecular weight is 337 g/mol. The molecule has 0 saturated carbocycles. The Morgan fingerprint density at radius 1 is 1.17 bits per heavy atom. The van der Waals surface area contributed by atoms with E-state index in [1.54, 1.807) is 6.20 Å². The van der Waals surface area contributed by atoms with Crippen LogP contribution in [0.3, 0.4) is 0 Å². The van der Waals surface area contributed by atoms with Crippen LogP contribution in [0.4, 0.5) is 19.1 Å². The number of nitrogens with zero attached hydrogens (tertiary/aromatic N) is 4. The summed E-state index contributed by atoms with van der Waals surface area (Å²) >= 11 is 0. The molecular formula is C16H18F3N5. The third-order valence-electron chi connectivity index (χ3n) is 3.96. The van der Waals surface area contributed by atoms with Gasteiger partial charge in [0.05, 0.1) is 0 Å². The molecular weight excluding hydrogens is 319 g/mol. The molecule has 1 N–H and O–H groups in total. The van der Waals surface area contributed by atoms with Crippen LogP contribution in [-0.2, 0) is 12.6 Å². The van der Waals surface area contributed by atoms with Crippen molar-refractivity contribution in [2.45, 2.75) is 25.1 Å². The lowest BCUT2D eigenvalue weighted by Gasteiger charge is -2.16. The molecule has 24 heavy (non-hydrogen) atoms. The predicted molar refractivity (Wildman–Crippen MR) is 83.4 cm³/mol. The number of halogens is 3. The van der Waals surface area contributed by atoms with Crippen LogP contribution in [0.2, 0.25) is 0 Å². The monoisotopic (exact) mass is 337 g/mol. The quantitative estimate of drug-likeness (QED) is 0.909. The van der Waals surface area contributed by atoms with Gasteiger partial charge in [-0.25, -0.2) is 9.97 Å². The SMILES string of the molecule is FC(F)(F)c1ccnc(NC2CCN(CCc3ccccn3)C2)n1. The van der Waals surface area contributed by atoms with Gasteiger partial charge in [0.1, 0.15) is 5.69 Å². The average Bonchev–Trinajstić information content (AvgIpc) is 3.01. The number of nitrogens with one attached hydrogen (secondary N) is 1. The van der Waals surface area contributed by atoms with Gasteiger partial charge in [-0.3, -0.25) is 4.98 Å². The molecule has 0 radical (unpaired) electrons. The molecule has 0 aromatic carbocycles. The van der Waals surface area contributed by atoms with Crippen molar-refractivity contribution in [1.29, 1.82) is 0 Å². The first kappa shape index (κ1) is 16.6. The van der Waals surface area contributed by atoms with Gasteiger partial charge in [0, 0.05) is 50.2 Å². The van der Waals surface area contributed by atoms with E-state index in [-0.39, 0.29) is 12.0 Å². The zero-order chi connectivity index (χ0) is 17.0. The van der Waals surface area contributed by atoms with Crippen LogP contribution in [0.1, 0.15) is 17.8 Å². The topological polar surface area (TPSA) is 53.9 Å². The second-order valence-electron chi connectivity index (χ2n) is 5.76. The molecule has 1 aliphatic rings. The number of rotatable bonds is 5. The Morgan fingerprint density at radius 2 is 2.04 bits per heavy atom. The summed E-state index contributed by atoms with van der Waals surface area (Å²) in [5.74, 6) is 0.0291.